The fraction of sp³-hybridized carbons (Fsp3) is 0.652. The van der Waals surface area contributed by atoms with Crippen LogP contribution in [0.2, 0.25) is 0 Å². The Kier molecular flexibility index (Phi) is 7.96. The van der Waals surface area contributed by atoms with E-state index < -0.39 is 0 Å². The van der Waals surface area contributed by atoms with Crippen molar-refractivity contribution in [3.8, 4) is 11.5 Å². The number of hydrogen-bond acceptors (Lipinski definition) is 6. The third-order valence-electron chi connectivity index (χ3n) is 5.56. The Morgan fingerprint density at radius 3 is 2.53 bits per heavy atom. The van der Waals surface area contributed by atoms with E-state index >= 15 is 0 Å². The molecule has 1 aromatic carbocycles. The lowest BCUT2D eigenvalue weighted by molar-refractivity contribution is -0.144. The summed E-state index contributed by atoms with van der Waals surface area (Å²) in [5, 5.41) is 4.19. The molecule has 166 valence electrons. The first-order chi connectivity index (χ1) is 14.5. The number of rotatable bonds is 8. The fourth-order valence-electron chi connectivity index (χ4n) is 4.05. The van der Waals surface area contributed by atoms with Crippen molar-refractivity contribution in [1.29, 1.82) is 0 Å². The van der Waals surface area contributed by atoms with Crippen LogP contribution in [0, 0.1) is 0 Å². The summed E-state index contributed by atoms with van der Waals surface area (Å²) in [5.41, 5.74) is 1.64. The molecule has 1 aromatic rings. The molecule has 1 amide bonds. The summed E-state index contributed by atoms with van der Waals surface area (Å²) < 4.78 is 17.3. The van der Waals surface area contributed by atoms with Crippen LogP contribution in [0.25, 0.3) is 0 Å². The van der Waals surface area contributed by atoms with Gasteiger partial charge in [0.1, 0.15) is 6.61 Å². The number of benzene rings is 1. The number of amides is 1. The van der Waals surface area contributed by atoms with Gasteiger partial charge in [-0.25, -0.2) is 0 Å². The molecule has 2 fully saturated rings. The van der Waals surface area contributed by atoms with E-state index in [1.165, 1.54) is 12.8 Å². The van der Waals surface area contributed by atoms with Gasteiger partial charge in [0.25, 0.3) is 0 Å². The van der Waals surface area contributed by atoms with Gasteiger partial charge in [-0.3, -0.25) is 4.79 Å². The van der Waals surface area contributed by atoms with Crippen molar-refractivity contribution in [2.75, 3.05) is 26.8 Å². The Morgan fingerprint density at radius 1 is 1.17 bits per heavy atom. The molecule has 0 spiro atoms. The largest absolute Gasteiger partial charge is 0.493 e. The third kappa shape index (κ3) is 6.11. The molecule has 30 heavy (non-hydrogen) atoms. The second-order valence-corrected chi connectivity index (χ2v) is 8.21. The van der Waals surface area contributed by atoms with Gasteiger partial charge in [-0.15, -0.1) is 0 Å². The number of hydrogen-bond donors (Lipinski definition) is 0. The second kappa shape index (κ2) is 10.7. The van der Waals surface area contributed by atoms with Crippen molar-refractivity contribution in [3.05, 3.63) is 23.8 Å². The van der Waals surface area contributed by atoms with E-state index in [2.05, 4.69) is 5.16 Å². The highest BCUT2D eigenvalue weighted by atomic mass is 16.6. The van der Waals surface area contributed by atoms with Crippen LogP contribution in [0.1, 0.15) is 58.4 Å². The zero-order chi connectivity index (χ0) is 21.5. The van der Waals surface area contributed by atoms with Gasteiger partial charge in [-0.2, -0.15) is 0 Å². The molecule has 0 radical (unpaired) electrons. The maximum Gasteiger partial charge on any atom is 0.226 e. The summed E-state index contributed by atoms with van der Waals surface area (Å²) in [6.07, 6.45) is 5.26. The molecule has 2 unspecified atom stereocenters. The van der Waals surface area contributed by atoms with E-state index in [4.69, 9.17) is 19.0 Å². The Morgan fingerprint density at radius 2 is 1.87 bits per heavy atom. The SMILES string of the molecule is COc1ccc(/C(C)=N\OCCC(=O)N2CC(C)OC(C)C2)cc1OC1CCCC1. The summed E-state index contributed by atoms with van der Waals surface area (Å²) >= 11 is 0. The van der Waals surface area contributed by atoms with Gasteiger partial charge >= 0.3 is 0 Å². The van der Waals surface area contributed by atoms with Crippen LogP contribution < -0.4 is 9.47 Å². The molecule has 0 N–H and O–H groups in total. The lowest BCUT2D eigenvalue weighted by Crippen LogP contribution is -2.48. The molecule has 7 nitrogen and oxygen atoms in total. The maximum absolute atomic E-state index is 12.4. The van der Waals surface area contributed by atoms with Crippen LogP contribution in [-0.4, -0.2) is 61.6 Å². The monoisotopic (exact) mass is 418 g/mol. The summed E-state index contributed by atoms with van der Waals surface area (Å²) in [7, 11) is 1.65. The van der Waals surface area contributed by atoms with Gasteiger partial charge in [0, 0.05) is 18.7 Å². The molecule has 1 saturated heterocycles. The first kappa shape index (κ1) is 22.4. The highest BCUT2D eigenvalue weighted by molar-refractivity contribution is 5.98. The van der Waals surface area contributed by atoms with Crippen molar-refractivity contribution in [3.63, 3.8) is 0 Å². The van der Waals surface area contributed by atoms with Crippen LogP contribution in [0.15, 0.2) is 23.4 Å². The number of morpholine rings is 1. The number of nitrogens with zero attached hydrogens (tertiary/aromatic N) is 2. The van der Waals surface area contributed by atoms with Crippen LogP contribution in [0.3, 0.4) is 0 Å². The summed E-state index contributed by atoms with van der Waals surface area (Å²) in [6, 6.07) is 5.77. The quantitative estimate of drug-likeness (QED) is 0.365. The summed E-state index contributed by atoms with van der Waals surface area (Å²) in [4.78, 5) is 19.7. The zero-order valence-electron chi connectivity index (χ0n) is 18.6. The number of ether oxygens (including phenoxy) is 3. The van der Waals surface area contributed by atoms with Gasteiger partial charge < -0.3 is 23.9 Å². The molecule has 1 aliphatic heterocycles. The molecule has 1 saturated carbocycles. The Bertz CT molecular complexity index is 735. The lowest BCUT2D eigenvalue weighted by Gasteiger charge is -2.35. The molecule has 2 atom stereocenters. The first-order valence-electron chi connectivity index (χ1n) is 10.9. The molecule has 0 aromatic heterocycles. The average molecular weight is 419 g/mol. The Hall–Kier alpha value is -2.28. The Balaban J connectivity index is 1.52. The summed E-state index contributed by atoms with van der Waals surface area (Å²) in [5.74, 6) is 1.53. The first-order valence-corrected chi connectivity index (χ1v) is 10.9. The zero-order valence-corrected chi connectivity index (χ0v) is 18.6. The molecule has 7 heteroatoms. The molecule has 1 heterocycles. The fourth-order valence-corrected chi connectivity index (χ4v) is 4.05. The standard InChI is InChI=1S/C23H34N2O5/c1-16-14-25(15-17(2)29-16)23(26)11-12-28-24-18(3)19-9-10-21(27-4)22(13-19)30-20-7-5-6-8-20/h9-10,13,16-17,20H,5-8,11-12,14-15H2,1-4H3/b24-18-. The van der Waals surface area contributed by atoms with Crippen molar-refractivity contribution in [2.24, 2.45) is 5.16 Å². The molecule has 1 aliphatic carbocycles. The highest BCUT2D eigenvalue weighted by Crippen LogP contribution is 2.32. The van der Waals surface area contributed by atoms with Gasteiger partial charge in [0.15, 0.2) is 11.5 Å². The Labute approximate surface area is 179 Å². The maximum atomic E-state index is 12.4. The van der Waals surface area contributed by atoms with Crippen molar-refractivity contribution in [1.82, 2.24) is 4.90 Å². The number of methoxy groups -OCH3 is 1. The van der Waals surface area contributed by atoms with Crippen LogP contribution in [0.5, 0.6) is 11.5 Å². The van der Waals surface area contributed by atoms with E-state index in [9.17, 15) is 4.79 Å². The smallest absolute Gasteiger partial charge is 0.226 e. The topological polar surface area (TPSA) is 69.6 Å². The van der Waals surface area contributed by atoms with E-state index in [1.807, 2.05) is 43.9 Å². The van der Waals surface area contributed by atoms with E-state index in [0.717, 1.165) is 35.6 Å². The van der Waals surface area contributed by atoms with Crippen molar-refractivity contribution in [2.45, 2.75) is 71.2 Å². The normalized spacial score (nSPS) is 22.8. The van der Waals surface area contributed by atoms with Crippen molar-refractivity contribution < 1.29 is 23.8 Å². The van der Waals surface area contributed by atoms with Gasteiger partial charge in [0.05, 0.1) is 37.6 Å². The molecule has 0 bridgehead atoms. The number of carbonyl (C=O) groups excluding carboxylic acids is 1. The number of carbonyl (C=O) groups is 1. The van der Waals surface area contributed by atoms with Crippen LogP contribution in [0.4, 0.5) is 0 Å². The predicted octanol–water partition coefficient (Wildman–Crippen LogP) is 3.78. The van der Waals surface area contributed by atoms with Gasteiger partial charge in [-0.1, -0.05) is 5.16 Å². The van der Waals surface area contributed by atoms with Crippen LogP contribution in [-0.2, 0) is 14.4 Å². The van der Waals surface area contributed by atoms with E-state index in [1.54, 1.807) is 7.11 Å². The van der Waals surface area contributed by atoms with Gasteiger partial charge in [-0.05, 0) is 64.7 Å². The predicted molar refractivity (Wildman–Crippen MR) is 115 cm³/mol. The second-order valence-electron chi connectivity index (χ2n) is 8.21. The molecule has 2 aliphatic rings. The molecular weight excluding hydrogens is 384 g/mol. The highest BCUT2D eigenvalue weighted by Gasteiger charge is 2.25. The van der Waals surface area contributed by atoms with E-state index in [-0.39, 0.29) is 30.8 Å². The molecule has 3 rings (SSSR count). The minimum atomic E-state index is 0.0644. The van der Waals surface area contributed by atoms with Crippen molar-refractivity contribution >= 4 is 11.6 Å². The van der Waals surface area contributed by atoms with E-state index in [0.29, 0.717) is 19.5 Å². The number of oxime groups is 1. The minimum absolute atomic E-state index is 0.0644. The van der Waals surface area contributed by atoms with Crippen LogP contribution >= 0.6 is 0 Å². The lowest BCUT2D eigenvalue weighted by atomic mass is 10.1. The minimum Gasteiger partial charge on any atom is -0.493 e. The summed E-state index contributed by atoms with van der Waals surface area (Å²) in [6.45, 7) is 7.35. The molecular formula is C23H34N2O5. The average Bonchev–Trinajstić information content (AvgIpc) is 3.23. The third-order valence-corrected chi connectivity index (χ3v) is 5.56. The van der Waals surface area contributed by atoms with Gasteiger partial charge in [0.2, 0.25) is 5.91 Å².